The van der Waals surface area contributed by atoms with Crippen LogP contribution in [0.2, 0.25) is 0 Å². The fourth-order valence-electron chi connectivity index (χ4n) is 1.83. The second kappa shape index (κ2) is 6.75. The monoisotopic (exact) mass is 258 g/mol. The minimum absolute atomic E-state index is 0.184. The zero-order valence-corrected chi connectivity index (χ0v) is 11.0. The molecule has 0 aliphatic rings. The van der Waals surface area contributed by atoms with Crippen molar-refractivity contribution in [1.29, 1.82) is 0 Å². The smallest absolute Gasteiger partial charge is 0.133 e. The summed E-state index contributed by atoms with van der Waals surface area (Å²) in [7, 11) is 1.70. The number of rotatable bonds is 6. The predicted molar refractivity (Wildman–Crippen MR) is 75.3 cm³/mol. The van der Waals surface area contributed by atoms with Crippen LogP contribution in [0, 0.1) is 0 Å². The van der Waals surface area contributed by atoms with Gasteiger partial charge in [-0.2, -0.15) is 0 Å². The molecule has 0 aliphatic carbocycles. The minimum Gasteiger partial charge on any atom is -0.506 e. The summed E-state index contributed by atoms with van der Waals surface area (Å²) in [4.78, 5) is 4.15. The fourth-order valence-corrected chi connectivity index (χ4v) is 1.83. The highest BCUT2D eigenvalue weighted by atomic mass is 16.5. The molecular formula is C15H18N2O2. The third kappa shape index (κ3) is 3.96. The van der Waals surface area contributed by atoms with Gasteiger partial charge in [-0.1, -0.05) is 18.2 Å². The quantitative estimate of drug-likeness (QED) is 0.836. The van der Waals surface area contributed by atoms with Gasteiger partial charge in [-0.3, -0.25) is 4.98 Å². The molecule has 2 N–H and O–H groups in total. The van der Waals surface area contributed by atoms with Crippen LogP contribution < -0.4 is 5.32 Å². The van der Waals surface area contributed by atoms with E-state index in [0.717, 1.165) is 17.8 Å². The summed E-state index contributed by atoms with van der Waals surface area (Å²) in [6.07, 6.45) is 2.33. The van der Waals surface area contributed by atoms with Crippen molar-refractivity contribution >= 4 is 5.69 Å². The van der Waals surface area contributed by atoms with E-state index >= 15 is 0 Å². The second-order valence-electron chi connectivity index (χ2n) is 4.26. The van der Waals surface area contributed by atoms with Gasteiger partial charge >= 0.3 is 0 Å². The van der Waals surface area contributed by atoms with Gasteiger partial charge in [0.15, 0.2) is 0 Å². The number of hydrogen-bond donors (Lipinski definition) is 2. The Morgan fingerprint density at radius 3 is 2.79 bits per heavy atom. The Balaban J connectivity index is 2.00. The van der Waals surface area contributed by atoms with Crippen molar-refractivity contribution in [3.63, 3.8) is 0 Å². The van der Waals surface area contributed by atoms with Gasteiger partial charge in [-0.25, -0.2) is 0 Å². The van der Waals surface area contributed by atoms with Crippen LogP contribution in [0.5, 0.6) is 5.75 Å². The van der Waals surface area contributed by atoms with E-state index in [1.54, 1.807) is 19.2 Å². The molecule has 0 spiro atoms. The lowest BCUT2D eigenvalue weighted by atomic mass is 10.1. The number of para-hydroxylation sites is 1. The highest BCUT2D eigenvalue weighted by Gasteiger charge is 2.02. The molecule has 4 nitrogen and oxygen atoms in total. The van der Waals surface area contributed by atoms with Crippen molar-refractivity contribution in [2.24, 2.45) is 0 Å². The molecule has 0 unspecified atom stereocenters. The highest BCUT2D eigenvalue weighted by molar-refractivity contribution is 5.51. The van der Waals surface area contributed by atoms with Gasteiger partial charge in [-0.15, -0.1) is 0 Å². The van der Waals surface area contributed by atoms with Crippen LogP contribution in [0.1, 0.15) is 11.3 Å². The van der Waals surface area contributed by atoms with Gasteiger partial charge < -0.3 is 15.2 Å². The lowest BCUT2D eigenvalue weighted by molar-refractivity contribution is 0.202. The summed E-state index contributed by atoms with van der Waals surface area (Å²) in [5, 5.41) is 12.5. The Bertz CT molecular complexity index is 512. The van der Waals surface area contributed by atoms with Crippen LogP contribution >= 0.6 is 0 Å². The van der Waals surface area contributed by atoms with Gasteiger partial charge in [0.25, 0.3) is 0 Å². The molecule has 100 valence electrons. The number of anilines is 1. The number of methoxy groups -OCH3 is 1. The summed E-state index contributed by atoms with van der Waals surface area (Å²) >= 11 is 0. The molecule has 2 rings (SSSR count). The summed E-state index contributed by atoms with van der Waals surface area (Å²) in [6.45, 7) is 1.33. The minimum atomic E-state index is 0.184. The molecule has 0 atom stereocenters. The molecule has 0 saturated carbocycles. The van der Waals surface area contributed by atoms with E-state index in [9.17, 15) is 5.11 Å². The Hall–Kier alpha value is -2.07. The molecule has 0 saturated heterocycles. The molecule has 0 aliphatic heterocycles. The van der Waals surface area contributed by atoms with E-state index in [1.165, 1.54) is 11.8 Å². The molecule has 4 heteroatoms. The summed E-state index contributed by atoms with van der Waals surface area (Å²) in [5.74, 6) is 0.184. The normalized spacial score (nSPS) is 10.4. The Labute approximate surface area is 113 Å². The maximum absolute atomic E-state index is 9.19. The Morgan fingerprint density at radius 2 is 2.05 bits per heavy atom. The van der Waals surface area contributed by atoms with E-state index in [-0.39, 0.29) is 5.75 Å². The average molecular weight is 258 g/mol. The van der Waals surface area contributed by atoms with Gasteiger partial charge in [0.2, 0.25) is 0 Å². The number of nitrogens with zero attached hydrogens (tertiary/aromatic N) is 1. The Morgan fingerprint density at radius 1 is 1.21 bits per heavy atom. The third-order valence-electron chi connectivity index (χ3n) is 2.86. The summed E-state index contributed by atoms with van der Waals surface area (Å²) in [5.41, 5.74) is 3.21. The Kier molecular flexibility index (Phi) is 4.75. The maximum atomic E-state index is 9.19. The number of aromatic nitrogens is 1. The standard InChI is InChI=1S/C15H18N2O2/c1-19-9-8-12-4-2-3-5-15(12)17-10-13-6-7-14(18)11-16-13/h2-7,11,17-18H,8-10H2,1H3. The van der Waals surface area contributed by atoms with Gasteiger partial charge in [0, 0.05) is 12.8 Å². The third-order valence-corrected chi connectivity index (χ3v) is 2.86. The molecule has 1 aromatic carbocycles. The molecular weight excluding hydrogens is 240 g/mol. The summed E-state index contributed by atoms with van der Waals surface area (Å²) in [6, 6.07) is 11.6. The molecule has 1 heterocycles. The SMILES string of the molecule is COCCc1ccccc1NCc1ccc(O)cn1. The molecule has 2 aromatic rings. The van der Waals surface area contributed by atoms with Crippen molar-refractivity contribution in [2.45, 2.75) is 13.0 Å². The molecule has 0 radical (unpaired) electrons. The van der Waals surface area contributed by atoms with Crippen LogP contribution in [0.3, 0.4) is 0 Å². The first kappa shape index (κ1) is 13.4. The van der Waals surface area contributed by atoms with Crippen molar-refractivity contribution in [1.82, 2.24) is 4.98 Å². The van der Waals surface area contributed by atoms with E-state index < -0.39 is 0 Å². The molecule has 0 fully saturated rings. The number of ether oxygens (including phenoxy) is 1. The van der Waals surface area contributed by atoms with E-state index in [1.807, 2.05) is 18.2 Å². The van der Waals surface area contributed by atoms with Gasteiger partial charge in [0.1, 0.15) is 5.75 Å². The van der Waals surface area contributed by atoms with Gasteiger partial charge in [0.05, 0.1) is 25.0 Å². The first-order valence-electron chi connectivity index (χ1n) is 6.24. The molecule has 0 amide bonds. The second-order valence-corrected chi connectivity index (χ2v) is 4.26. The lowest BCUT2D eigenvalue weighted by Gasteiger charge is -2.11. The van der Waals surface area contributed by atoms with Crippen LogP contribution in [-0.4, -0.2) is 23.8 Å². The molecule has 0 bridgehead atoms. The zero-order chi connectivity index (χ0) is 13.5. The summed E-state index contributed by atoms with van der Waals surface area (Å²) < 4.78 is 5.11. The largest absolute Gasteiger partial charge is 0.506 e. The number of pyridine rings is 1. The highest BCUT2D eigenvalue weighted by Crippen LogP contribution is 2.17. The average Bonchev–Trinajstić information content (AvgIpc) is 2.45. The van der Waals surface area contributed by atoms with E-state index in [0.29, 0.717) is 13.2 Å². The van der Waals surface area contributed by atoms with E-state index in [2.05, 4.69) is 16.4 Å². The van der Waals surface area contributed by atoms with E-state index in [4.69, 9.17) is 4.74 Å². The lowest BCUT2D eigenvalue weighted by Crippen LogP contribution is -2.05. The topological polar surface area (TPSA) is 54.4 Å². The number of hydrogen-bond acceptors (Lipinski definition) is 4. The number of benzene rings is 1. The van der Waals surface area contributed by atoms with Crippen LogP contribution in [0.15, 0.2) is 42.6 Å². The van der Waals surface area contributed by atoms with Crippen LogP contribution in [-0.2, 0) is 17.7 Å². The van der Waals surface area contributed by atoms with Crippen molar-refractivity contribution < 1.29 is 9.84 Å². The van der Waals surface area contributed by atoms with Crippen LogP contribution in [0.25, 0.3) is 0 Å². The van der Waals surface area contributed by atoms with Crippen LogP contribution in [0.4, 0.5) is 5.69 Å². The first-order valence-corrected chi connectivity index (χ1v) is 6.24. The predicted octanol–water partition coefficient (Wildman–Crippen LogP) is 2.59. The molecule has 1 aromatic heterocycles. The van der Waals surface area contributed by atoms with Crippen molar-refractivity contribution in [3.8, 4) is 5.75 Å². The molecule has 19 heavy (non-hydrogen) atoms. The van der Waals surface area contributed by atoms with Crippen molar-refractivity contribution in [2.75, 3.05) is 19.0 Å². The number of nitrogens with one attached hydrogen (secondary N) is 1. The number of aromatic hydroxyl groups is 1. The zero-order valence-electron chi connectivity index (χ0n) is 11.0. The van der Waals surface area contributed by atoms with Crippen molar-refractivity contribution in [3.05, 3.63) is 53.9 Å². The fraction of sp³-hybridized carbons (Fsp3) is 0.267. The van der Waals surface area contributed by atoms with Gasteiger partial charge in [-0.05, 0) is 30.2 Å². The first-order chi connectivity index (χ1) is 9.29. The maximum Gasteiger partial charge on any atom is 0.133 e.